The summed E-state index contributed by atoms with van der Waals surface area (Å²) in [4.78, 5) is 16.6. The Morgan fingerprint density at radius 3 is 1.92 bits per heavy atom. The molecule has 0 atom stereocenters. The molecule has 0 rings (SSSR count). The van der Waals surface area contributed by atoms with Gasteiger partial charge in [0.25, 0.3) is 0 Å². The highest BCUT2D eigenvalue weighted by Crippen LogP contribution is 2.10. The van der Waals surface area contributed by atoms with Crippen molar-refractivity contribution in [2.75, 3.05) is 27.3 Å². The fraction of sp³-hybridized carbons (Fsp3) is 0.950. The Kier molecular flexibility index (Phi) is 18.2. The highest BCUT2D eigenvalue weighted by atomic mass is 16.7. The Hall–Kier alpha value is -0.610. The van der Waals surface area contributed by atoms with Crippen LogP contribution in [0.4, 0.5) is 0 Å². The number of ether oxygens (including phenoxy) is 1. The molecule has 0 aliphatic carbocycles. The van der Waals surface area contributed by atoms with Gasteiger partial charge in [0.1, 0.15) is 0 Å². The number of esters is 1. The minimum absolute atomic E-state index is 0.0361. The maximum absolute atomic E-state index is 11.6. The van der Waals surface area contributed by atoms with Crippen LogP contribution < -0.4 is 0 Å². The Labute approximate surface area is 150 Å². The van der Waals surface area contributed by atoms with E-state index in [1.807, 2.05) is 12.1 Å². The average Bonchev–Trinajstić information content (AvgIpc) is 2.59. The molecule has 24 heavy (non-hydrogen) atoms. The topological polar surface area (TPSA) is 38.8 Å². The zero-order chi connectivity index (χ0) is 17.9. The van der Waals surface area contributed by atoms with Gasteiger partial charge >= 0.3 is 5.97 Å². The summed E-state index contributed by atoms with van der Waals surface area (Å²) >= 11 is 0. The lowest BCUT2D eigenvalue weighted by Gasteiger charge is -2.12. The lowest BCUT2D eigenvalue weighted by molar-refractivity contribution is -0.143. The summed E-state index contributed by atoms with van der Waals surface area (Å²) < 4.78 is 5.29. The number of carbonyl (C=O) groups excluding carboxylic acids is 1. The number of unbranched alkanes of at least 4 members (excludes halogenated alkanes) is 11. The minimum Gasteiger partial charge on any atom is -0.466 e. The highest BCUT2D eigenvalue weighted by Gasteiger charge is 2.03. The molecular formula is C20H41NO3. The fourth-order valence-corrected chi connectivity index (χ4v) is 2.72. The van der Waals surface area contributed by atoms with Crippen LogP contribution in [0.2, 0.25) is 0 Å². The lowest BCUT2D eigenvalue weighted by Crippen LogP contribution is -2.17. The molecule has 0 unspecified atom stereocenters. The van der Waals surface area contributed by atoms with Crippen LogP contribution in [0.25, 0.3) is 0 Å². The van der Waals surface area contributed by atoms with Gasteiger partial charge < -0.3 is 9.57 Å². The molecule has 0 aromatic heterocycles. The van der Waals surface area contributed by atoms with Crippen molar-refractivity contribution in [2.45, 2.75) is 96.8 Å². The van der Waals surface area contributed by atoms with Crippen LogP contribution in [0, 0.1) is 0 Å². The molecule has 0 amide bonds. The van der Waals surface area contributed by atoms with E-state index in [0.29, 0.717) is 13.0 Å². The van der Waals surface area contributed by atoms with Crippen molar-refractivity contribution in [1.82, 2.24) is 5.06 Å². The van der Waals surface area contributed by atoms with E-state index >= 15 is 0 Å². The third kappa shape index (κ3) is 17.7. The van der Waals surface area contributed by atoms with E-state index in [9.17, 15) is 4.79 Å². The van der Waals surface area contributed by atoms with E-state index in [1.54, 1.807) is 7.11 Å². The quantitative estimate of drug-likeness (QED) is 0.187. The van der Waals surface area contributed by atoms with Crippen molar-refractivity contribution >= 4 is 5.97 Å². The SMILES string of the molecule is CCCCCCCCCCCCOC(=O)CCCCCN(C)OC. The number of hydrogen-bond acceptors (Lipinski definition) is 4. The standard InChI is InChI=1S/C20H41NO3/c1-4-5-6-7-8-9-10-11-12-16-19-24-20(22)17-14-13-15-18-21(2)23-3/h4-19H2,1-3H3. The second kappa shape index (κ2) is 18.7. The van der Waals surface area contributed by atoms with E-state index in [-0.39, 0.29) is 5.97 Å². The van der Waals surface area contributed by atoms with Crippen LogP contribution in [-0.2, 0) is 14.4 Å². The van der Waals surface area contributed by atoms with Gasteiger partial charge in [0, 0.05) is 20.0 Å². The lowest BCUT2D eigenvalue weighted by atomic mass is 10.1. The van der Waals surface area contributed by atoms with Crippen LogP contribution in [0.15, 0.2) is 0 Å². The number of rotatable bonds is 18. The van der Waals surface area contributed by atoms with Crippen LogP contribution in [-0.4, -0.2) is 38.3 Å². The first-order chi connectivity index (χ1) is 11.7. The molecule has 0 aromatic carbocycles. The van der Waals surface area contributed by atoms with E-state index in [1.165, 1.54) is 57.8 Å². The Balaban J connectivity index is 3.18. The zero-order valence-corrected chi connectivity index (χ0v) is 16.5. The molecule has 0 aliphatic rings. The Bertz CT molecular complexity index is 272. The van der Waals surface area contributed by atoms with Gasteiger partial charge in [-0.15, -0.1) is 0 Å². The maximum Gasteiger partial charge on any atom is 0.305 e. The van der Waals surface area contributed by atoms with E-state index < -0.39 is 0 Å². The van der Waals surface area contributed by atoms with Gasteiger partial charge in [0.15, 0.2) is 0 Å². The molecule has 0 saturated carbocycles. The van der Waals surface area contributed by atoms with Crippen molar-refractivity contribution in [3.05, 3.63) is 0 Å². The second-order valence-corrected chi connectivity index (χ2v) is 6.75. The summed E-state index contributed by atoms with van der Waals surface area (Å²) in [6.45, 7) is 3.76. The molecule has 4 heteroatoms. The summed E-state index contributed by atoms with van der Waals surface area (Å²) in [6, 6.07) is 0. The van der Waals surface area contributed by atoms with Crippen molar-refractivity contribution in [3.8, 4) is 0 Å². The fourth-order valence-electron chi connectivity index (χ4n) is 2.72. The zero-order valence-electron chi connectivity index (χ0n) is 16.5. The van der Waals surface area contributed by atoms with Gasteiger partial charge in [0.05, 0.1) is 13.7 Å². The molecule has 0 spiro atoms. The van der Waals surface area contributed by atoms with Crippen molar-refractivity contribution in [1.29, 1.82) is 0 Å². The Morgan fingerprint density at radius 1 is 0.792 bits per heavy atom. The van der Waals surface area contributed by atoms with E-state index in [4.69, 9.17) is 9.57 Å². The molecule has 0 aromatic rings. The second-order valence-electron chi connectivity index (χ2n) is 6.75. The highest BCUT2D eigenvalue weighted by molar-refractivity contribution is 5.69. The summed E-state index contributed by atoms with van der Waals surface area (Å²) in [5, 5.41) is 1.81. The van der Waals surface area contributed by atoms with Gasteiger partial charge in [-0.3, -0.25) is 4.79 Å². The van der Waals surface area contributed by atoms with Crippen molar-refractivity contribution in [2.24, 2.45) is 0 Å². The summed E-state index contributed by atoms with van der Waals surface area (Å²) in [7, 11) is 3.59. The molecule has 4 nitrogen and oxygen atoms in total. The number of hydrogen-bond donors (Lipinski definition) is 0. The van der Waals surface area contributed by atoms with Gasteiger partial charge in [-0.05, 0) is 19.3 Å². The van der Waals surface area contributed by atoms with Gasteiger partial charge in [-0.1, -0.05) is 71.1 Å². The largest absolute Gasteiger partial charge is 0.466 e. The molecule has 0 fully saturated rings. The minimum atomic E-state index is -0.0361. The summed E-state index contributed by atoms with van der Waals surface area (Å²) in [5.74, 6) is -0.0361. The van der Waals surface area contributed by atoms with Crippen LogP contribution in [0.1, 0.15) is 96.8 Å². The number of carbonyl (C=O) groups is 1. The van der Waals surface area contributed by atoms with Crippen LogP contribution in [0.3, 0.4) is 0 Å². The first kappa shape index (κ1) is 23.4. The first-order valence-electron chi connectivity index (χ1n) is 10.1. The van der Waals surface area contributed by atoms with Gasteiger partial charge in [-0.2, -0.15) is 5.06 Å². The average molecular weight is 344 g/mol. The predicted octanol–water partition coefficient (Wildman–Crippen LogP) is 5.50. The third-order valence-corrected chi connectivity index (χ3v) is 4.43. The summed E-state index contributed by atoms with van der Waals surface area (Å²) in [5.41, 5.74) is 0. The third-order valence-electron chi connectivity index (χ3n) is 4.43. The van der Waals surface area contributed by atoms with Crippen LogP contribution >= 0.6 is 0 Å². The monoisotopic (exact) mass is 343 g/mol. The molecule has 0 N–H and O–H groups in total. The molecule has 0 saturated heterocycles. The Morgan fingerprint density at radius 2 is 1.33 bits per heavy atom. The van der Waals surface area contributed by atoms with Crippen LogP contribution in [0.5, 0.6) is 0 Å². The summed E-state index contributed by atoms with van der Waals surface area (Å²) in [6.07, 6.45) is 16.6. The molecule has 0 bridgehead atoms. The molecule has 0 aliphatic heterocycles. The van der Waals surface area contributed by atoms with E-state index in [0.717, 1.165) is 32.2 Å². The van der Waals surface area contributed by atoms with Crippen molar-refractivity contribution < 1.29 is 14.4 Å². The van der Waals surface area contributed by atoms with Gasteiger partial charge in [-0.25, -0.2) is 0 Å². The molecule has 0 heterocycles. The predicted molar refractivity (Wildman–Crippen MR) is 101 cm³/mol. The van der Waals surface area contributed by atoms with Gasteiger partial charge in [0.2, 0.25) is 0 Å². The number of nitrogens with zero attached hydrogens (tertiary/aromatic N) is 1. The molecular weight excluding hydrogens is 302 g/mol. The number of hydroxylamine groups is 2. The van der Waals surface area contributed by atoms with E-state index in [2.05, 4.69) is 6.92 Å². The van der Waals surface area contributed by atoms with Crippen molar-refractivity contribution in [3.63, 3.8) is 0 Å². The smallest absolute Gasteiger partial charge is 0.305 e. The molecule has 144 valence electrons. The molecule has 0 radical (unpaired) electrons. The normalized spacial score (nSPS) is 11.2. The first-order valence-corrected chi connectivity index (χ1v) is 10.1. The maximum atomic E-state index is 11.6.